The van der Waals surface area contributed by atoms with Crippen molar-refractivity contribution in [2.75, 3.05) is 20.8 Å². The fraction of sp³-hybridized carbons (Fsp3) is 0.647. The fourth-order valence-electron chi connectivity index (χ4n) is 2.23. The third kappa shape index (κ3) is 5.84. The summed E-state index contributed by atoms with van der Waals surface area (Å²) in [5, 5.41) is 0. The molecule has 0 spiro atoms. The fourth-order valence-corrected chi connectivity index (χ4v) is 2.23. The van der Waals surface area contributed by atoms with Crippen LogP contribution in [-0.4, -0.2) is 26.9 Å². The van der Waals surface area contributed by atoms with Gasteiger partial charge in [-0.05, 0) is 49.8 Å². The number of hydrogen-bond donors (Lipinski definition) is 1. The molecule has 1 unspecified atom stereocenters. The molecule has 0 aliphatic carbocycles. The van der Waals surface area contributed by atoms with E-state index in [0.29, 0.717) is 29.8 Å². The Bertz CT molecular complexity index is 405. The number of ether oxygens (including phenoxy) is 3. The second kappa shape index (κ2) is 8.78. The molecule has 0 saturated heterocycles. The van der Waals surface area contributed by atoms with Gasteiger partial charge in [-0.15, -0.1) is 0 Å². The van der Waals surface area contributed by atoms with E-state index in [9.17, 15) is 0 Å². The van der Waals surface area contributed by atoms with Crippen LogP contribution in [0.1, 0.15) is 39.2 Å². The van der Waals surface area contributed by atoms with Gasteiger partial charge in [0, 0.05) is 6.04 Å². The number of methoxy groups -OCH3 is 2. The first kappa shape index (κ1) is 17.6. The van der Waals surface area contributed by atoms with Gasteiger partial charge in [0.2, 0.25) is 5.75 Å². The van der Waals surface area contributed by atoms with Crippen LogP contribution in [0.2, 0.25) is 0 Å². The van der Waals surface area contributed by atoms with Gasteiger partial charge in [0.05, 0.1) is 20.8 Å². The van der Waals surface area contributed by atoms with E-state index in [4.69, 9.17) is 19.9 Å². The Morgan fingerprint density at radius 3 is 2.05 bits per heavy atom. The highest BCUT2D eigenvalue weighted by Crippen LogP contribution is 2.39. The molecule has 4 nitrogen and oxygen atoms in total. The average molecular weight is 295 g/mol. The first-order valence-electron chi connectivity index (χ1n) is 7.61. The Labute approximate surface area is 128 Å². The number of nitrogens with two attached hydrogens (primary N) is 1. The molecule has 0 aliphatic rings. The molecule has 0 aromatic heterocycles. The lowest BCUT2D eigenvalue weighted by Crippen LogP contribution is -2.17. The third-order valence-electron chi connectivity index (χ3n) is 3.25. The summed E-state index contributed by atoms with van der Waals surface area (Å²) in [5.41, 5.74) is 6.95. The molecule has 0 aliphatic heterocycles. The van der Waals surface area contributed by atoms with E-state index in [2.05, 4.69) is 13.8 Å². The highest BCUT2D eigenvalue weighted by molar-refractivity contribution is 5.54. The van der Waals surface area contributed by atoms with Crippen molar-refractivity contribution in [3.63, 3.8) is 0 Å². The molecule has 1 rings (SSSR count). The van der Waals surface area contributed by atoms with E-state index in [1.807, 2.05) is 19.1 Å². The average Bonchev–Trinajstić information content (AvgIpc) is 2.42. The molecule has 0 heterocycles. The van der Waals surface area contributed by atoms with Crippen molar-refractivity contribution >= 4 is 0 Å². The topological polar surface area (TPSA) is 53.7 Å². The minimum Gasteiger partial charge on any atom is -0.493 e. The molecular weight excluding hydrogens is 266 g/mol. The third-order valence-corrected chi connectivity index (χ3v) is 3.25. The summed E-state index contributed by atoms with van der Waals surface area (Å²) in [6.07, 6.45) is 2.94. The summed E-state index contributed by atoms with van der Waals surface area (Å²) >= 11 is 0. The van der Waals surface area contributed by atoms with E-state index >= 15 is 0 Å². The maximum atomic E-state index is 5.88. The molecule has 2 N–H and O–H groups in total. The molecule has 1 atom stereocenters. The summed E-state index contributed by atoms with van der Waals surface area (Å²) < 4.78 is 16.8. The van der Waals surface area contributed by atoms with Crippen LogP contribution in [-0.2, 0) is 6.42 Å². The molecule has 21 heavy (non-hydrogen) atoms. The molecule has 0 amide bonds. The lowest BCUT2D eigenvalue weighted by atomic mass is 10.1. The molecule has 4 heteroatoms. The maximum Gasteiger partial charge on any atom is 0.203 e. The maximum absolute atomic E-state index is 5.88. The second-order valence-corrected chi connectivity index (χ2v) is 5.90. The summed E-state index contributed by atoms with van der Waals surface area (Å²) in [6.45, 7) is 7.07. The van der Waals surface area contributed by atoms with Gasteiger partial charge in [0.1, 0.15) is 0 Å². The Morgan fingerprint density at radius 1 is 1.05 bits per heavy atom. The quantitative estimate of drug-likeness (QED) is 0.709. The molecule has 0 saturated carbocycles. The Morgan fingerprint density at radius 2 is 1.62 bits per heavy atom. The van der Waals surface area contributed by atoms with Gasteiger partial charge in [-0.1, -0.05) is 13.8 Å². The molecule has 0 bridgehead atoms. The highest BCUT2D eigenvalue weighted by atomic mass is 16.5. The summed E-state index contributed by atoms with van der Waals surface area (Å²) in [6, 6.07) is 4.05. The van der Waals surface area contributed by atoms with Gasteiger partial charge in [0.15, 0.2) is 11.5 Å². The first-order valence-corrected chi connectivity index (χ1v) is 7.61. The van der Waals surface area contributed by atoms with Crippen molar-refractivity contribution in [1.29, 1.82) is 0 Å². The molecule has 0 fully saturated rings. The molecular formula is C17H29NO3. The van der Waals surface area contributed by atoms with Crippen molar-refractivity contribution in [2.24, 2.45) is 11.7 Å². The van der Waals surface area contributed by atoms with Gasteiger partial charge in [-0.25, -0.2) is 0 Å². The molecule has 0 radical (unpaired) electrons. The minimum absolute atomic E-state index is 0.0947. The van der Waals surface area contributed by atoms with Crippen molar-refractivity contribution in [2.45, 2.75) is 46.1 Å². The van der Waals surface area contributed by atoms with Crippen LogP contribution < -0.4 is 19.9 Å². The summed E-state index contributed by atoms with van der Waals surface area (Å²) in [5.74, 6) is 2.77. The van der Waals surface area contributed by atoms with Crippen molar-refractivity contribution in [1.82, 2.24) is 0 Å². The Hall–Kier alpha value is -1.42. The van der Waals surface area contributed by atoms with Crippen LogP contribution in [0.25, 0.3) is 0 Å². The predicted octanol–water partition coefficient (Wildman–Crippen LogP) is 3.41. The lowest BCUT2D eigenvalue weighted by Gasteiger charge is -2.17. The van der Waals surface area contributed by atoms with Gasteiger partial charge in [-0.3, -0.25) is 0 Å². The first-order chi connectivity index (χ1) is 9.97. The predicted molar refractivity (Wildman–Crippen MR) is 86.5 cm³/mol. The van der Waals surface area contributed by atoms with Crippen LogP contribution in [0.4, 0.5) is 0 Å². The Kier molecular flexibility index (Phi) is 7.37. The van der Waals surface area contributed by atoms with E-state index in [1.165, 1.54) is 0 Å². The van der Waals surface area contributed by atoms with E-state index in [-0.39, 0.29) is 6.04 Å². The van der Waals surface area contributed by atoms with Crippen LogP contribution in [0.15, 0.2) is 12.1 Å². The van der Waals surface area contributed by atoms with Gasteiger partial charge in [0.25, 0.3) is 0 Å². The van der Waals surface area contributed by atoms with Gasteiger partial charge >= 0.3 is 0 Å². The Balaban J connectivity index is 2.85. The second-order valence-electron chi connectivity index (χ2n) is 5.90. The number of rotatable bonds is 9. The smallest absolute Gasteiger partial charge is 0.203 e. The van der Waals surface area contributed by atoms with Crippen LogP contribution >= 0.6 is 0 Å². The zero-order chi connectivity index (χ0) is 15.8. The lowest BCUT2D eigenvalue weighted by molar-refractivity contribution is 0.263. The van der Waals surface area contributed by atoms with E-state index in [1.54, 1.807) is 14.2 Å². The zero-order valence-electron chi connectivity index (χ0n) is 13.9. The summed E-state index contributed by atoms with van der Waals surface area (Å²) in [7, 11) is 3.29. The van der Waals surface area contributed by atoms with Gasteiger partial charge < -0.3 is 19.9 Å². The summed E-state index contributed by atoms with van der Waals surface area (Å²) in [4.78, 5) is 0. The van der Waals surface area contributed by atoms with Crippen molar-refractivity contribution in [3.05, 3.63) is 17.7 Å². The molecule has 120 valence electrons. The standard InChI is InChI=1S/C17H29NO3/c1-12(2)7-6-8-21-17-15(19-4)10-14(9-13(3)18)11-16(17)20-5/h10-13H,6-9,18H2,1-5H3. The molecule has 1 aromatic rings. The van der Waals surface area contributed by atoms with Gasteiger partial charge in [-0.2, -0.15) is 0 Å². The van der Waals surface area contributed by atoms with E-state index < -0.39 is 0 Å². The van der Waals surface area contributed by atoms with Crippen LogP contribution in [0.5, 0.6) is 17.2 Å². The minimum atomic E-state index is 0.0947. The molecule has 1 aromatic carbocycles. The van der Waals surface area contributed by atoms with Crippen molar-refractivity contribution < 1.29 is 14.2 Å². The zero-order valence-corrected chi connectivity index (χ0v) is 13.9. The number of benzene rings is 1. The largest absolute Gasteiger partial charge is 0.493 e. The van der Waals surface area contributed by atoms with Crippen molar-refractivity contribution in [3.8, 4) is 17.2 Å². The highest BCUT2D eigenvalue weighted by Gasteiger charge is 2.15. The van der Waals surface area contributed by atoms with Crippen LogP contribution in [0.3, 0.4) is 0 Å². The number of hydrogen-bond acceptors (Lipinski definition) is 4. The van der Waals surface area contributed by atoms with Crippen LogP contribution in [0, 0.1) is 5.92 Å². The monoisotopic (exact) mass is 295 g/mol. The van der Waals surface area contributed by atoms with E-state index in [0.717, 1.165) is 24.8 Å². The SMILES string of the molecule is COc1cc(CC(C)N)cc(OC)c1OCCCC(C)C. The normalized spacial score (nSPS) is 12.3.